The van der Waals surface area contributed by atoms with Crippen LogP contribution in [0.2, 0.25) is 0 Å². The Labute approximate surface area is 102 Å². The number of aryl methyl sites for hydroxylation is 1. The van der Waals surface area contributed by atoms with Gasteiger partial charge in [0.1, 0.15) is 5.60 Å². The smallest absolute Gasteiger partial charge is 0.159 e. The van der Waals surface area contributed by atoms with Gasteiger partial charge in [0.2, 0.25) is 0 Å². The van der Waals surface area contributed by atoms with Crippen LogP contribution in [0.4, 0.5) is 0 Å². The monoisotopic (exact) mass is 243 g/mol. The van der Waals surface area contributed by atoms with Crippen LogP contribution in [-0.2, 0) is 21.6 Å². The molecule has 0 saturated heterocycles. The van der Waals surface area contributed by atoms with Gasteiger partial charge in [-0.2, -0.15) is 0 Å². The van der Waals surface area contributed by atoms with E-state index in [4.69, 9.17) is 9.47 Å². The second-order valence-corrected chi connectivity index (χ2v) is 4.22. The van der Waals surface area contributed by atoms with Crippen LogP contribution in [0.3, 0.4) is 0 Å². The molecule has 0 radical (unpaired) electrons. The highest BCUT2D eigenvalue weighted by Gasteiger charge is 2.31. The van der Waals surface area contributed by atoms with Gasteiger partial charge in [0, 0.05) is 27.2 Å². The van der Waals surface area contributed by atoms with Crippen LogP contribution < -0.4 is 0 Å². The summed E-state index contributed by atoms with van der Waals surface area (Å²) in [4.78, 5) is 0. The second kappa shape index (κ2) is 6.09. The molecule has 1 unspecified atom stereocenters. The standard InChI is InChI=1S/C11H21N3O3/c1-5-6-14-9(8-12-13-14)11(2,15)7-10(16-3)17-4/h8,10,15H,5-7H2,1-4H3. The number of hydrogen-bond donors (Lipinski definition) is 1. The lowest BCUT2D eigenvalue weighted by Crippen LogP contribution is -2.32. The summed E-state index contributed by atoms with van der Waals surface area (Å²) in [5.41, 5.74) is -0.395. The molecule has 6 heteroatoms. The molecule has 17 heavy (non-hydrogen) atoms. The molecule has 0 aromatic carbocycles. The van der Waals surface area contributed by atoms with Crippen molar-refractivity contribution < 1.29 is 14.6 Å². The number of rotatable bonds is 7. The number of nitrogens with zero attached hydrogens (tertiary/aromatic N) is 3. The van der Waals surface area contributed by atoms with Crippen molar-refractivity contribution in [2.24, 2.45) is 0 Å². The Hall–Kier alpha value is -0.980. The zero-order chi connectivity index (χ0) is 12.9. The van der Waals surface area contributed by atoms with Gasteiger partial charge in [-0.25, -0.2) is 4.68 Å². The molecule has 0 aliphatic carbocycles. The molecule has 0 amide bonds. The topological polar surface area (TPSA) is 69.4 Å². The average molecular weight is 243 g/mol. The van der Waals surface area contributed by atoms with Crippen LogP contribution >= 0.6 is 0 Å². The predicted octanol–water partition coefficient (Wildman–Crippen LogP) is 0.905. The van der Waals surface area contributed by atoms with Crippen LogP contribution in [0.25, 0.3) is 0 Å². The molecule has 0 aliphatic rings. The van der Waals surface area contributed by atoms with Crippen LogP contribution in [0, 0.1) is 0 Å². The summed E-state index contributed by atoms with van der Waals surface area (Å²) in [7, 11) is 3.09. The lowest BCUT2D eigenvalue weighted by Gasteiger charge is -2.27. The first-order valence-electron chi connectivity index (χ1n) is 5.72. The van der Waals surface area contributed by atoms with Crippen molar-refractivity contribution in [3.8, 4) is 0 Å². The third kappa shape index (κ3) is 3.49. The van der Waals surface area contributed by atoms with Gasteiger partial charge < -0.3 is 14.6 Å². The minimum atomic E-state index is -1.07. The molecular weight excluding hydrogens is 222 g/mol. The Morgan fingerprint density at radius 1 is 1.47 bits per heavy atom. The summed E-state index contributed by atoms with van der Waals surface area (Å²) < 4.78 is 11.9. The summed E-state index contributed by atoms with van der Waals surface area (Å²) >= 11 is 0. The Balaban J connectivity index is 2.83. The zero-order valence-electron chi connectivity index (χ0n) is 10.9. The summed E-state index contributed by atoms with van der Waals surface area (Å²) in [6.07, 6.45) is 2.40. The molecule has 1 atom stereocenters. The fourth-order valence-corrected chi connectivity index (χ4v) is 1.74. The summed E-state index contributed by atoms with van der Waals surface area (Å²) in [6, 6.07) is 0. The van der Waals surface area contributed by atoms with E-state index in [1.165, 1.54) is 0 Å². The number of methoxy groups -OCH3 is 2. The first kappa shape index (κ1) is 14.1. The van der Waals surface area contributed by atoms with Crippen molar-refractivity contribution in [1.82, 2.24) is 15.0 Å². The van der Waals surface area contributed by atoms with E-state index < -0.39 is 11.9 Å². The molecule has 6 nitrogen and oxygen atoms in total. The van der Waals surface area contributed by atoms with E-state index >= 15 is 0 Å². The second-order valence-electron chi connectivity index (χ2n) is 4.22. The highest BCUT2D eigenvalue weighted by molar-refractivity contribution is 5.06. The predicted molar refractivity (Wildman–Crippen MR) is 62.3 cm³/mol. The lowest BCUT2D eigenvalue weighted by atomic mass is 9.98. The van der Waals surface area contributed by atoms with Gasteiger partial charge in [0.15, 0.2) is 6.29 Å². The number of aromatic nitrogens is 3. The van der Waals surface area contributed by atoms with Crippen LogP contribution in [-0.4, -0.2) is 40.6 Å². The van der Waals surface area contributed by atoms with Crippen LogP contribution in [0.5, 0.6) is 0 Å². The molecule has 0 fully saturated rings. The van der Waals surface area contributed by atoms with Gasteiger partial charge in [-0.15, -0.1) is 5.10 Å². The van der Waals surface area contributed by atoms with Crippen molar-refractivity contribution >= 4 is 0 Å². The van der Waals surface area contributed by atoms with E-state index in [1.807, 2.05) is 6.92 Å². The van der Waals surface area contributed by atoms with E-state index in [0.29, 0.717) is 12.1 Å². The Bertz CT molecular complexity index is 334. The Kier molecular flexibility index (Phi) is 5.04. The Morgan fingerprint density at radius 2 is 2.12 bits per heavy atom. The fraction of sp³-hybridized carbons (Fsp3) is 0.818. The molecule has 1 N–H and O–H groups in total. The normalized spacial score (nSPS) is 15.2. The van der Waals surface area contributed by atoms with Gasteiger partial charge in [0.05, 0.1) is 11.9 Å². The average Bonchev–Trinajstić information content (AvgIpc) is 2.75. The Morgan fingerprint density at radius 3 is 2.65 bits per heavy atom. The SMILES string of the molecule is CCCn1nncc1C(C)(O)CC(OC)OC. The largest absolute Gasteiger partial charge is 0.384 e. The van der Waals surface area contributed by atoms with Crippen molar-refractivity contribution in [3.63, 3.8) is 0 Å². The first-order valence-corrected chi connectivity index (χ1v) is 5.72. The first-order chi connectivity index (χ1) is 8.05. The number of hydrogen-bond acceptors (Lipinski definition) is 5. The van der Waals surface area contributed by atoms with Gasteiger partial charge in [-0.1, -0.05) is 12.1 Å². The molecule has 0 aliphatic heterocycles. The van der Waals surface area contributed by atoms with Gasteiger partial charge in [-0.05, 0) is 13.3 Å². The molecule has 0 bridgehead atoms. The van der Waals surface area contributed by atoms with Gasteiger partial charge in [-0.3, -0.25) is 0 Å². The van der Waals surface area contributed by atoms with E-state index in [-0.39, 0.29) is 0 Å². The van der Waals surface area contributed by atoms with Crippen molar-refractivity contribution in [2.75, 3.05) is 14.2 Å². The van der Waals surface area contributed by atoms with E-state index in [0.717, 1.165) is 13.0 Å². The van der Waals surface area contributed by atoms with Crippen molar-refractivity contribution in [2.45, 2.75) is 45.1 Å². The summed E-state index contributed by atoms with van der Waals surface area (Å²) in [5, 5.41) is 18.2. The van der Waals surface area contributed by atoms with E-state index in [1.54, 1.807) is 32.0 Å². The summed E-state index contributed by atoms with van der Waals surface area (Å²) in [6.45, 7) is 4.49. The zero-order valence-corrected chi connectivity index (χ0v) is 10.9. The quantitative estimate of drug-likeness (QED) is 0.721. The van der Waals surface area contributed by atoms with E-state index in [9.17, 15) is 5.11 Å². The molecular formula is C11H21N3O3. The highest BCUT2D eigenvalue weighted by Crippen LogP contribution is 2.26. The third-order valence-electron chi connectivity index (χ3n) is 2.69. The van der Waals surface area contributed by atoms with Crippen molar-refractivity contribution in [3.05, 3.63) is 11.9 Å². The maximum absolute atomic E-state index is 10.5. The van der Waals surface area contributed by atoms with Gasteiger partial charge >= 0.3 is 0 Å². The molecule has 1 rings (SSSR count). The maximum Gasteiger partial charge on any atom is 0.159 e. The minimum Gasteiger partial charge on any atom is -0.384 e. The maximum atomic E-state index is 10.5. The molecule has 0 saturated carbocycles. The van der Waals surface area contributed by atoms with E-state index in [2.05, 4.69) is 10.3 Å². The van der Waals surface area contributed by atoms with Gasteiger partial charge in [0.25, 0.3) is 0 Å². The van der Waals surface area contributed by atoms with Crippen LogP contribution in [0.1, 0.15) is 32.4 Å². The highest BCUT2D eigenvalue weighted by atomic mass is 16.7. The third-order valence-corrected chi connectivity index (χ3v) is 2.69. The number of ether oxygens (including phenoxy) is 2. The van der Waals surface area contributed by atoms with Crippen LogP contribution in [0.15, 0.2) is 6.20 Å². The number of aliphatic hydroxyl groups is 1. The molecule has 1 aromatic heterocycles. The molecule has 1 heterocycles. The molecule has 0 spiro atoms. The molecule has 98 valence electrons. The fourth-order valence-electron chi connectivity index (χ4n) is 1.74. The minimum absolute atomic E-state index is 0.330. The lowest BCUT2D eigenvalue weighted by molar-refractivity contribution is -0.143. The molecule has 1 aromatic rings. The van der Waals surface area contributed by atoms with Crippen molar-refractivity contribution in [1.29, 1.82) is 0 Å². The summed E-state index contributed by atoms with van der Waals surface area (Å²) in [5.74, 6) is 0.